The van der Waals surface area contributed by atoms with Crippen LogP contribution in [0.3, 0.4) is 0 Å². The predicted octanol–water partition coefficient (Wildman–Crippen LogP) is 5.05. The highest BCUT2D eigenvalue weighted by atomic mass is 35.5. The van der Waals surface area contributed by atoms with Crippen molar-refractivity contribution in [1.82, 2.24) is 0 Å². The fourth-order valence-corrected chi connectivity index (χ4v) is 2.48. The zero-order valence-electron chi connectivity index (χ0n) is 16.2. The van der Waals surface area contributed by atoms with E-state index in [0.29, 0.717) is 10.8 Å². The molecule has 6 heteroatoms. The number of phenols is 1. The van der Waals surface area contributed by atoms with Crippen LogP contribution in [-0.4, -0.2) is 28.6 Å². The highest BCUT2D eigenvalue weighted by molar-refractivity contribution is 6.31. The zero-order chi connectivity index (χ0) is 20.9. The van der Waals surface area contributed by atoms with Gasteiger partial charge in [0, 0.05) is 5.02 Å². The lowest BCUT2D eigenvalue weighted by Gasteiger charge is -2.25. The molecule has 0 fully saturated rings. The minimum atomic E-state index is -1.12. The first-order valence-electron chi connectivity index (χ1n) is 8.79. The van der Waals surface area contributed by atoms with E-state index in [1.807, 2.05) is 0 Å². The number of carbonyl (C=O) groups is 2. The van der Waals surface area contributed by atoms with Crippen LogP contribution in [0.1, 0.15) is 43.6 Å². The lowest BCUT2D eigenvalue weighted by Crippen LogP contribution is -2.40. The summed E-state index contributed by atoms with van der Waals surface area (Å²) in [5.74, 6) is -0.446. The molecule has 0 radical (unpaired) electrons. The number of phenolic OH excluding ortho intramolecular Hbond substituents is 1. The van der Waals surface area contributed by atoms with E-state index in [-0.39, 0.29) is 23.2 Å². The van der Waals surface area contributed by atoms with Crippen LogP contribution in [0.4, 0.5) is 0 Å². The molecule has 0 aliphatic rings. The molecule has 2 rings (SSSR count). The Morgan fingerprint density at radius 3 is 2.32 bits per heavy atom. The quantitative estimate of drug-likeness (QED) is 0.398. The van der Waals surface area contributed by atoms with Gasteiger partial charge in [0.05, 0.1) is 11.7 Å². The molecule has 0 atom stereocenters. The summed E-state index contributed by atoms with van der Waals surface area (Å²) in [6, 6.07) is 11.2. The minimum absolute atomic E-state index is 0.165. The smallest absolute Gasteiger partial charge is 0.350 e. The molecule has 0 unspecified atom stereocenters. The number of hydrogen-bond donors (Lipinski definition) is 1. The molecule has 0 spiro atoms. The molecule has 28 heavy (non-hydrogen) atoms. The van der Waals surface area contributed by atoms with E-state index < -0.39 is 11.6 Å². The number of hydrogen-bond acceptors (Lipinski definition) is 5. The van der Waals surface area contributed by atoms with Crippen molar-refractivity contribution < 1.29 is 24.2 Å². The monoisotopic (exact) mass is 402 g/mol. The Hall–Kier alpha value is -2.79. The van der Waals surface area contributed by atoms with Crippen molar-refractivity contribution >= 4 is 29.4 Å². The second kappa shape index (κ2) is 8.93. The van der Waals surface area contributed by atoms with Gasteiger partial charge in [0.2, 0.25) is 0 Å². The molecule has 0 aliphatic heterocycles. The second-order valence-electron chi connectivity index (χ2n) is 6.99. The number of benzene rings is 2. The molecular weight excluding hydrogens is 380 g/mol. The van der Waals surface area contributed by atoms with Crippen molar-refractivity contribution in [3.05, 3.63) is 64.7 Å². The summed E-state index contributed by atoms with van der Waals surface area (Å²) in [5.41, 5.74) is -0.188. The lowest BCUT2D eigenvalue weighted by atomic mass is 10.1. The van der Waals surface area contributed by atoms with E-state index in [0.717, 1.165) is 5.56 Å². The van der Waals surface area contributed by atoms with E-state index in [1.165, 1.54) is 18.2 Å². The molecule has 0 amide bonds. The van der Waals surface area contributed by atoms with Crippen molar-refractivity contribution in [1.29, 1.82) is 0 Å². The van der Waals surface area contributed by atoms with Crippen molar-refractivity contribution in [2.45, 2.75) is 39.4 Å². The number of carbonyl (C=O) groups excluding carboxylic acids is 2. The summed E-state index contributed by atoms with van der Waals surface area (Å²) in [4.78, 5) is 24.3. The van der Waals surface area contributed by atoms with Gasteiger partial charge in [-0.05, 0) is 69.7 Å². The average Bonchev–Trinajstić information content (AvgIpc) is 2.60. The van der Waals surface area contributed by atoms with E-state index in [4.69, 9.17) is 21.1 Å². The summed E-state index contributed by atoms with van der Waals surface area (Å²) in [6.07, 6.45) is 2.77. The molecule has 148 valence electrons. The Balaban J connectivity index is 2.05. The van der Waals surface area contributed by atoms with Crippen LogP contribution >= 0.6 is 11.6 Å². The molecular formula is C22H23ClO5. The highest BCUT2D eigenvalue weighted by Crippen LogP contribution is 2.24. The molecule has 0 aliphatic carbocycles. The van der Waals surface area contributed by atoms with Gasteiger partial charge in [-0.25, -0.2) is 4.79 Å². The molecule has 1 N–H and O–H groups in total. The third kappa shape index (κ3) is 5.86. The largest absolute Gasteiger partial charge is 0.507 e. The van der Waals surface area contributed by atoms with Gasteiger partial charge >= 0.3 is 5.97 Å². The first-order chi connectivity index (χ1) is 13.1. The van der Waals surface area contributed by atoms with Crippen molar-refractivity contribution in [2.24, 2.45) is 0 Å². The third-order valence-corrected chi connectivity index (χ3v) is 3.97. The average molecular weight is 403 g/mol. The Morgan fingerprint density at radius 1 is 1.11 bits per heavy atom. The van der Waals surface area contributed by atoms with Crippen LogP contribution < -0.4 is 4.74 Å². The number of ether oxygens (including phenoxy) is 2. The standard InChI is InChI=1S/C22H23ClO5/c1-14(2)27-21(26)22(3,4)28-17-9-5-15(6-10-17)7-12-19(24)18-11-8-16(23)13-20(18)25/h5-14,25H,1-4H3/b12-7+. The molecule has 0 aromatic heterocycles. The Kier molecular flexibility index (Phi) is 6.86. The molecule has 2 aromatic carbocycles. The van der Waals surface area contributed by atoms with Gasteiger partial charge < -0.3 is 14.6 Å². The van der Waals surface area contributed by atoms with Gasteiger partial charge in [0.15, 0.2) is 11.4 Å². The van der Waals surface area contributed by atoms with E-state index in [2.05, 4.69) is 0 Å². The van der Waals surface area contributed by atoms with Gasteiger partial charge in [-0.15, -0.1) is 0 Å². The molecule has 0 heterocycles. The second-order valence-corrected chi connectivity index (χ2v) is 7.43. The van der Waals surface area contributed by atoms with Crippen molar-refractivity contribution in [2.75, 3.05) is 0 Å². The highest BCUT2D eigenvalue weighted by Gasteiger charge is 2.32. The number of aromatic hydroxyl groups is 1. The Labute approximate surface area is 169 Å². The van der Waals surface area contributed by atoms with E-state index >= 15 is 0 Å². The summed E-state index contributed by atoms with van der Waals surface area (Å²) >= 11 is 5.77. The first-order valence-corrected chi connectivity index (χ1v) is 9.17. The molecule has 5 nitrogen and oxygen atoms in total. The van der Waals surface area contributed by atoms with Gasteiger partial charge in [-0.3, -0.25) is 4.79 Å². The number of rotatable bonds is 7. The first kappa shape index (κ1) is 21.5. The SMILES string of the molecule is CC(C)OC(=O)C(C)(C)Oc1ccc(/C=C/C(=O)c2ccc(Cl)cc2O)cc1. The van der Waals surface area contributed by atoms with Crippen LogP contribution in [0.2, 0.25) is 5.02 Å². The fraction of sp³-hybridized carbons (Fsp3) is 0.273. The predicted molar refractivity (Wildman–Crippen MR) is 109 cm³/mol. The summed E-state index contributed by atoms with van der Waals surface area (Å²) in [6.45, 7) is 6.84. The zero-order valence-corrected chi connectivity index (χ0v) is 17.0. The van der Waals surface area contributed by atoms with E-state index in [9.17, 15) is 14.7 Å². The summed E-state index contributed by atoms with van der Waals surface area (Å²) in [5, 5.41) is 10.2. The number of halogens is 1. The normalized spacial score (nSPS) is 11.6. The molecule has 0 saturated heterocycles. The van der Waals surface area contributed by atoms with Crippen LogP contribution in [0, 0.1) is 0 Å². The van der Waals surface area contributed by atoms with Crippen LogP contribution in [0.25, 0.3) is 6.08 Å². The van der Waals surface area contributed by atoms with Gasteiger partial charge in [0.25, 0.3) is 0 Å². The Morgan fingerprint density at radius 2 is 1.75 bits per heavy atom. The maximum atomic E-state index is 12.2. The van der Waals surface area contributed by atoms with E-state index in [1.54, 1.807) is 64.1 Å². The van der Waals surface area contributed by atoms with Crippen LogP contribution in [0.5, 0.6) is 11.5 Å². The topological polar surface area (TPSA) is 72.8 Å². The van der Waals surface area contributed by atoms with Gasteiger partial charge in [-0.1, -0.05) is 29.8 Å². The van der Waals surface area contributed by atoms with Crippen LogP contribution in [0.15, 0.2) is 48.5 Å². The molecule has 0 saturated carbocycles. The maximum Gasteiger partial charge on any atom is 0.350 e. The number of ketones is 1. The van der Waals surface area contributed by atoms with Crippen molar-refractivity contribution in [3.8, 4) is 11.5 Å². The Bertz CT molecular complexity index is 882. The number of esters is 1. The maximum absolute atomic E-state index is 12.2. The number of allylic oxidation sites excluding steroid dienone is 1. The lowest BCUT2D eigenvalue weighted by molar-refractivity contribution is -0.163. The molecule has 0 bridgehead atoms. The summed E-state index contributed by atoms with van der Waals surface area (Å²) in [7, 11) is 0. The van der Waals surface area contributed by atoms with Crippen LogP contribution in [-0.2, 0) is 9.53 Å². The fourth-order valence-electron chi connectivity index (χ4n) is 2.31. The van der Waals surface area contributed by atoms with Gasteiger partial charge in [-0.2, -0.15) is 0 Å². The molecule has 2 aromatic rings. The summed E-state index contributed by atoms with van der Waals surface area (Å²) < 4.78 is 10.9. The van der Waals surface area contributed by atoms with Gasteiger partial charge in [0.1, 0.15) is 11.5 Å². The van der Waals surface area contributed by atoms with Crippen molar-refractivity contribution in [3.63, 3.8) is 0 Å². The third-order valence-electron chi connectivity index (χ3n) is 3.74. The minimum Gasteiger partial charge on any atom is -0.507 e.